The van der Waals surface area contributed by atoms with Gasteiger partial charge in [-0.15, -0.1) is 0 Å². The monoisotopic (exact) mass is 239 g/mol. The van der Waals surface area contributed by atoms with E-state index in [9.17, 15) is 18.0 Å². The molecule has 0 N–H and O–H groups in total. The molecule has 0 unspecified atom stereocenters. The van der Waals surface area contributed by atoms with Gasteiger partial charge in [-0.1, -0.05) is 13.8 Å². The molecule has 0 aliphatic heterocycles. The van der Waals surface area contributed by atoms with Gasteiger partial charge >= 0.3 is 6.18 Å². The van der Waals surface area contributed by atoms with Gasteiger partial charge in [-0.2, -0.15) is 13.2 Å². The first-order valence-electron chi connectivity index (χ1n) is 5.69. The Hall–Kier alpha value is -0.580. The summed E-state index contributed by atoms with van der Waals surface area (Å²) in [5, 5.41) is 0. The van der Waals surface area contributed by atoms with Gasteiger partial charge < -0.3 is 4.90 Å². The van der Waals surface area contributed by atoms with Crippen LogP contribution in [0.5, 0.6) is 0 Å². The maximum atomic E-state index is 11.8. The van der Waals surface area contributed by atoms with Crippen molar-refractivity contribution in [3.05, 3.63) is 0 Å². The molecule has 0 saturated heterocycles. The zero-order valence-corrected chi connectivity index (χ0v) is 9.94. The number of Topliss-reactive ketones (excluding diaryl/α,β-unsaturated/α-hetero) is 1. The molecule has 0 radical (unpaired) electrons. The average molecular weight is 239 g/mol. The Morgan fingerprint density at radius 1 is 1.12 bits per heavy atom. The summed E-state index contributed by atoms with van der Waals surface area (Å²) in [6.45, 7) is 6.38. The van der Waals surface area contributed by atoms with Gasteiger partial charge in [-0.3, -0.25) is 4.79 Å². The molecule has 0 aromatic carbocycles. The smallest absolute Gasteiger partial charge is 0.303 e. The number of hydrogen-bond acceptors (Lipinski definition) is 2. The van der Waals surface area contributed by atoms with E-state index in [1.54, 1.807) is 0 Å². The molecule has 0 rings (SSSR count). The molecule has 0 bridgehead atoms. The molecule has 96 valence electrons. The molecule has 2 nitrogen and oxygen atoms in total. The normalized spacial score (nSPS) is 12.1. The third-order valence-corrected chi connectivity index (χ3v) is 2.52. The largest absolute Gasteiger partial charge is 0.389 e. The molecule has 0 amide bonds. The molecule has 0 heterocycles. The second kappa shape index (κ2) is 7.65. The molecule has 0 aromatic heterocycles. The van der Waals surface area contributed by atoms with Crippen LogP contribution in [0.3, 0.4) is 0 Å². The van der Waals surface area contributed by atoms with Gasteiger partial charge in [-0.25, -0.2) is 0 Å². The number of rotatable bonds is 8. The lowest BCUT2D eigenvalue weighted by Gasteiger charge is -2.17. The lowest BCUT2D eigenvalue weighted by Crippen LogP contribution is -2.25. The second-order valence-electron chi connectivity index (χ2n) is 3.78. The van der Waals surface area contributed by atoms with Crippen LogP contribution in [-0.2, 0) is 4.79 Å². The molecule has 0 aliphatic carbocycles. The van der Waals surface area contributed by atoms with Crippen molar-refractivity contribution in [2.45, 2.75) is 45.7 Å². The van der Waals surface area contributed by atoms with Gasteiger partial charge in [0.1, 0.15) is 5.78 Å². The minimum atomic E-state index is -4.14. The first-order chi connectivity index (χ1) is 7.39. The third-order valence-electron chi connectivity index (χ3n) is 2.52. The highest BCUT2D eigenvalue weighted by Gasteiger charge is 2.26. The fourth-order valence-corrected chi connectivity index (χ4v) is 1.43. The Bertz CT molecular complexity index is 200. The lowest BCUT2D eigenvalue weighted by atomic mass is 10.1. The van der Waals surface area contributed by atoms with Crippen molar-refractivity contribution in [3.63, 3.8) is 0 Å². The van der Waals surface area contributed by atoms with Crippen molar-refractivity contribution in [2.24, 2.45) is 0 Å². The van der Waals surface area contributed by atoms with E-state index >= 15 is 0 Å². The fourth-order valence-electron chi connectivity index (χ4n) is 1.43. The fraction of sp³-hybridized carbons (Fsp3) is 0.909. The van der Waals surface area contributed by atoms with E-state index in [1.807, 2.05) is 13.8 Å². The Morgan fingerprint density at radius 3 is 2.12 bits per heavy atom. The van der Waals surface area contributed by atoms with E-state index in [2.05, 4.69) is 4.90 Å². The number of ketones is 1. The number of nitrogens with zero attached hydrogens (tertiary/aromatic N) is 1. The van der Waals surface area contributed by atoms with Crippen molar-refractivity contribution >= 4 is 5.78 Å². The zero-order valence-electron chi connectivity index (χ0n) is 9.94. The molecular formula is C11H20F3NO. The standard InChI is InChI=1S/C11H20F3NO/c1-3-15(4-2)9-7-10(16)6-5-8-11(12,13)14/h3-9H2,1-2H3. The molecule has 0 spiro atoms. The highest BCUT2D eigenvalue weighted by Crippen LogP contribution is 2.22. The van der Waals surface area contributed by atoms with Crippen LogP contribution in [0.1, 0.15) is 39.5 Å². The molecular weight excluding hydrogens is 219 g/mol. The Kier molecular flexibility index (Phi) is 7.38. The summed E-state index contributed by atoms with van der Waals surface area (Å²) >= 11 is 0. The quantitative estimate of drug-likeness (QED) is 0.649. The van der Waals surface area contributed by atoms with Crippen LogP contribution in [0.4, 0.5) is 13.2 Å². The Balaban J connectivity index is 3.59. The summed E-state index contributed by atoms with van der Waals surface area (Å²) in [5.74, 6) is -0.0730. The number of alkyl halides is 3. The van der Waals surface area contributed by atoms with Crippen LogP contribution in [-0.4, -0.2) is 36.5 Å². The summed E-state index contributed by atoms with van der Waals surface area (Å²) < 4.78 is 35.4. The zero-order chi connectivity index (χ0) is 12.6. The number of halogens is 3. The van der Waals surface area contributed by atoms with Gasteiger partial charge in [-0.05, 0) is 19.5 Å². The maximum Gasteiger partial charge on any atom is 0.389 e. The SMILES string of the molecule is CCN(CC)CCC(=O)CCCC(F)(F)F. The topological polar surface area (TPSA) is 20.3 Å². The maximum absolute atomic E-state index is 11.8. The third kappa shape index (κ3) is 8.71. The highest BCUT2D eigenvalue weighted by atomic mass is 19.4. The van der Waals surface area contributed by atoms with E-state index in [-0.39, 0.29) is 18.6 Å². The van der Waals surface area contributed by atoms with Gasteiger partial charge in [0.2, 0.25) is 0 Å². The number of hydrogen-bond donors (Lipinski definition) is 0. The molecule has 0 atom stereocenters. The van der Waals surface area contributed by atoms with E-state index in [1.165, 1.54) is 0 Å². The van der Waals surface area contributed by atoms with Gasteiger partial charge in [0.05, 0.1) is 0 Å². The predicted molar refractivity (Wildman–Crippen MR) is 57.3 cm³/mol. The minimum Gasteiger partial charge on any atom is -0.303 e. The van der Waals surface area contributed by atoms with Crippen molar-refractivity contribution in [2.75, 3.05) is 19.6 Å². The molecule has 0 aromatic rings. The van der Waals surface area contributed by atoms with E-state index < -0.39 is 12.6 Å². The molecule has 5 heteroatoms. The first-order valence-corrected chi connectivity index (χ1v) is 5.69. The average Bonchev–Trinajstić information content (AvgIpc) is 2.17. The minimum absolute atomic E-state index is 0.0424. The van der Waals surface area contributed by atoms with Gasteiger partial charge in [0.25, 0.3) is 0 Å². The lowest BCUT2D eigenvalue weighted by molar-refractivity contribution is -0.137. The van der Waals surface area contributed by atoms with Crippen LogP contribution in [0.2, 0.25) is 0 Å². The van der Waals surface area contributed by atoms with Crippen LogP contribution in [0.25, 0.3) is 0 Å². The molecule has 0 aliphatic rings. The summed E-state index contributed by atoms with van der Waals surface area (Å²) in [7, 11) is 0. The van der Waals surface area contributed by atoms with E-state index in [0.717, 1.165) is 13.1 Å². The van der Waals surface area contributed by atoms with Crippen molar-refractivity contribution in [3.8, 4) is 0 Å². The van der Waals surface area contributed by atoms with E-state index in [4.69, 9.17) is 0 Å². The van der Waals surface area contributed by atoms with Crippen LogP contribution in [0.15, 0.2) is 0 Å². The summed E-state index contributed by atoms with van der Waals surface area (Å²) in [4.78, 5) is 13.4. The van der Waals surface area contributed by atoms with Crippen molar-refractivity contribution in [1.82, 2.24) is 4.90 Å². The van der Waals surface area contributed by atoms with Crippen LogP contribution in [0, 0.1) is 0 Å². The van der Waals surface area contributed by atoms with Crippen molar-refractivity contribution < 1.29 is 18.0 Å². The van der Waals surface area contributed by atoms with Gasteiger partial charge in [0, 0.05) is 25.8 Å². The van der Waals surface area contributed by atoms with Gasteiger partial charge in [0.15, 0.2) is 0 Å². The Labute approximate surface area is 94.8 Å². The van der Waals surface area contributed by atoms with E-state index in [0.29, 0.717) is 13.0 Å². The molecule has 16 heavy (non-hydrogen) atoms. The predicted octanol–water partition coefficient (Wildman–Crippen LogP) is 3.02. The summed E-state index contributed by atoms with van der Waals surface area (Å²) in [6.07, 6.45) is -4.68. The Morgan fingerprint density at radius 2 is 1.69 bits per heavy atom. The molecule has 0 fully saturated rings. The van der Waals surface area contributed by atoms with Crippen molar-refractivity contribution in [1.29, 1.82) is 0 Å². The second-order valence-corrected chi connectivity index (χ2v) is 3.78. The number of carbonyl (C=O) groups is 1. The van der Waals surface area contributed by atoms with Crippen LogP contribution >= 0.6 is 0 Å². The summed E-state index contributed by atoms with van der Waals surface area (Å²) in [6, 6.07) is 0. The van der Waals surface area contributed by atoms with Crippen LogP contribution < -0.4 is 0 Å². The first kappa shape index (κ1) is 15.4. The molecule has 0 saturated carbocycles. The summed E-state index contributed by atoms with van der Waals surface area (Å²) in [5.41, 5.74) is 0. The number of carbonyl (C=O) groups excluding carboxylic acids is 1. The highest BCUT2D eigenvalue weighted by molar-refractivity contribution is 5.78.